The Morgan fingerprint density at radius 1 is 0.682 bits per heavy atom. The monoisotopic (exact) mass is 424 g/mol. The van der Waals surface area contributed by atoms with Crippen molar-refractivity contribution in [3.05, 3.63) is 70.8 Å². The van der Waals surface area contributed by atoms with E-state index in [1.165, 1.54) is 0 Å². The second-order valence-corrected chi connectivity index (χ2v) is 6.28. The van der Waals surface area contributed by atoms with Crippen molar-refractivity contribution in [1.82, 2.24) is 0 Å². The molecule has 0 bridgehead atoms. The van der Waals surface area contributed by atoms with E-state index in [2.05, 4.69) is 31.9 Å². The molecule has 2 aromatic carbocycles. The molecular formula is C16H10Br2O4. The molecule has 0 spiro atoms. The van der Waals surface area contributed by atoms with Crippen LogP contribution >= 0.6 is 31.9 Å². The number of hydrogen-bond donors (Lipinski definition) is 0. The second-order valence-electron chi connectivity index (χ2n) is 4.62. The van der Waals surface area contributed by atoms with Gasteiger partial charge in [0.05, 0.1) is 11.1 Å². The Kier molecular flexibility index (Phi) is 4.31. The first-order chi connectivity index (χ1) is 10.6. The number of halogens is 2. The van der Waals surface area contributed by atoms with Crippen molar-refractivity contribution in [2.75, 3.05) is 0 Å². The molecule has 2 aliphatic rings. The highest BCUT2D eigenvalue weighted by molar-refractivity contribution is 9.09. The summed E-state index contributed by atoms with van der Waals surface area (Å²) in [4.78, 5) is 22.0. The summed E-state index contributed by atoms with van der Waals surface area (Å²) in [6.45, 7) is 0. The first kappa shape index (κ1) is 15.2. The minimum atomic E-state index is -0.258. The van der Waals surface area contributed by atoms with Crippen LogP contribution in [0.4, 0.5) is 0 Å². The molecule has 0 fully saturated rings. The van der Waals surface area contributed by atoms with Crippen molar-refractivity contribution in [3.8, 4) is 0 Å². The molecule has 2 aromatic rings. The quantitative estimate of drug-likeness (QED) is 0.460. The molecule has 2 unspecified atom stereocenters. The van der Waals surface area contributed by atoms with E-state index in [4.69, 9.17) is 9.47 Å². The van der Waals surface area contributed by atoms with Gasteiger partial charge < -0.3 is 9.47 Å². The van der Waals surface area contributed by atoms with Gasteiger partial charge in [-0.2, -0.15) is 0 Å². The summed E-state index contributed by atoms with van der Waals surface area (Å²) in [5.41, 5.74) is 3.15. The van der Waals surface area contributed by atoms with E-state index in [0.717, 1.165) is 11.1 Å². The normalized spacial score (nSPS) is 21.2. The standard InChI is InChI=1S/2C8H5BrO2/c2*9-7-5-3-1-2-4-6(5)8(10)11-7/h2*1-4,7H. The van der Waals surface area contributed by atoms with Crippen molar-refractivity contribution < 1.29 is 19.1 Å². The van der Waals surface area contributed by atoms with Crippen molar-refractivity contribution in [2.45, 2.75) is 10.0 Å². The number of alkyl halides is 2. The van der Waals surface area contributed by atoms with Gasteiger partial charge in [0.2, 0.25) is 0 Å². The van der Waals surface area contributed by atoms with Crippen LogP contribution in [0, 0.1) is 0 Å². The Morgan fingerprint density at radius 3 is 1.41 bits per heavy atom. The maximum atomic E-state index is 11.0. The van der Waals surface area contributed by atoms with Crippen LogP contribution in [0.2, 0.25) is 0 Å². The molecule has 0 aromatic heterocycles. The van der Waals surface area contributed by atoms with E-state index in [9.17, 15) is 9.59 Å². The molecular weight excluding hydrogens is 416 g/mol. The number of rotatable bonds is 0. The van der Waals surface area contributed by atoms with Gasteiger partial charge in [-0.3, -0.25) is 0 Å². The second kappa shape index (κ2) is 6.22. The Hall–Kier alpha value is -1.66. The molecule has 2 heterocycles. The lowest BCUT2D eigenvalue weighted by atomic mass is 10.1. The van der Waals surface area contributed by atoms with Crippen LogP contribution < -0.4 is 0 Å². The average Bonchev–Trinajstić information content (AvgIpc) is 2.99. The number of ether oxygens (including phenoxy) is 2. The molecule has 0 saturated carbocycles. The highest BCUT2D eigenvalue weighted by Gasteiger charge is 2.28. The fourth-order valence-electron chi connectivity index (χ4n) is 2.20. The first-order valence-electron chi connectivity index (χ1n) is 6.46. The highest BCUT2D eigenvalue weighted by Crippen LogP contribution is 2.35. The first-order valence-corrected chi connectivity index (χ1v) is 8.29. The number of cyclic esters (lactones) is 2. The van der Waals surface area contributed by atoms with E-state index in [-0.39, 0.29) is 22.0 Å². The third kappa shape index (κ3) is 2.80. The van der Waals surface area contributed by atoms with Gasteiger partial charge in [0.15, 0.2) is 10.0 Å². The zero-order valence-corrected chi connectivity index (χ0v) is 14.3. The van der Waals surface area contributed by atoms with E-state index in [1.54, 1.807) is 12.1 Å². The number of esters is 2. The summed E-state index contributed by atoms with van der Waals surface area (Å²) in [5.74, 6) is -0.495. The summed E-state index contributed by atoms with van der Waals surface area (Å²) in [6, 6.07) is 14.7. The lowest BCUT2D eigenvalue weighted by Crippen LogP contribution is -1.92. The van der Waals surface area contributed by atoms with E-state index < -0.39 is 0 Å². The van der Waals surface area contributed by atoms with E-state index in [1.807, 2.05) is 36.4 Å². The highest BCUT2D eigenvalue weighted by atomic mass is 79.9. The van der Waals surface area contributed by atoms with Crippen LogP contribution in [0.25, 0.3) is 0 Å². The van der Waals surface area contributed by atoms with Crippen molar-refractivity contribution >= 4 is 43.8 Å². The van der Waals surface area contributed by atoms with Crippen LogP contribution in [-0.4, -0.2) is 11.9 Å². The third-order valence-electron chi connectivity index (χ3n) is 3.27. The minimum absolute atomic E-state index is 0.248. The van der Waals surface area contributed by atoms with Gasteiger partial charge in [0.25, 0.3) is 0 Å². The SMILES string of the molecule is O=C1OC(Br)c2ccccc21.O=C1OC(Br)c2ccccc21. The van der Waals surface area contributed by atoms with Gasteiger partial charge >= 0.3 is 11.9 Å². The third-order valence-corrected chi connectivity index (χ3v) is 4.63. The van der Waals surface area contributed by atoms with E-state index >= 15 is 0 Å². The molecule has 4 nitrogen and oxygen atoms in total. The molecule has 0 radical (unpaired) electrons. The fourth-order valence-corrected chi connectivity index (χ4v) is 3.34. The number of fused-ring (bicyclic) bond motifs is 2. The minimum Gasteiger partial charge on any atom is -0.442 e. The molecule has 0 N–H and O–H groups in total. The lowest BCUT2D eigenvalue weighted by molar-refractivity contribution is 0.0521. The number of benzene rings is 2. The Morgan fingerprint density at radius 2 is 1.05 bits per heavy atom. The molecule has 4 rings (SSSR count). The fraction of sp³-hybridized carbons (Fsp3) is 0.125. The maximum Gasteiger partial charge on any atom is 0.340 e. The average molecular weight is 426 g/mol. The largest absolute Gasteiger partial charge is 0.442 e. The predicted octanol–water partition coefficient (Wildman–Crippen LogP) is 4.50. The van der Waals surface area contributed by atoms with Crippen LogP contribution in [0.3, 0.4) is 0 Å². The summed E-state index contributed by atoms with van der Waals surface area (Å²) in [7, 11) is 0. The van der Waals surface area contributed by atoms with Crippen LogP contribution in [0.1, 0.15) is 41.9 Å². The zero-order chi connectivity index (χ0) is 15.7. The van der Waals surface area contributed by atoms with Crippen molar-refractivity contribution in [2.24, 2.45) is 0 Å². The molecule has 0 aliphatic carbocycles. The van der Waals surface area contributed by atoms with Crippen LogP contribution in [0.15, 0.2) is 48.5 Å². The Balaban J connectivity index is 0.000000131. The van der Waals surface area contributed by atoms with Gasteiger partial charge in [0, 0.05) is 11.1 Å². The summed E-state index contributed by atoms with van der Waals surface area (Å²) < 4.78 is 9.82. The number of hydrogen-bond acceptors (Lipinski definition) is 4. The predicted molar refractivity (Wildman–Crippen MR) is 87.1 cm³/mol. The van der Waals surface area contributed by atoms with Crippen LogP contribution in [-0.2, 0) is 9.47 Å². The summed E-state index contributed by atoms with van der Waals surface area (Å²) in [6.07, 6.45) is 0. The Bertz CT molecular complexity index is 681. The van der Waals surface area contributed by atoms with Gasteiger partial charge in [0.1, 0.15) is 0 Å². The molecule has 0 amide bonds. The van der Waals surface area contributed by atoms with Gasteiger partial charge in [-0.15, -0.1) is 0 Å². The Labute approximate surface area is 143 Å². The molecule has 6 heteroatoms. The topological polar surface area (TPSA) is 52.6 Å². The maximum absolute atomic E-state index is 11.0. The van der Waals surface area contributed by atoms with Crippen molar-refractivity contribution in [1.29, 1.82) is 0 Å². The smallest absolute Gasteiger partial charge is 0.340 e. The van der Waals surface area contributed by atoms with Gasteiger partial charge in [-0.1, -0.05) is 36.4 Å². The molecule has 0 saturated heterocycles. The lowest BCUT2D eigenvalue weighted by Gasteiger charge is -1.97. The summed E-state index contributed by atoms with van der Waals surface area (Å²) in [5, 5.41) is -0.516. The number of carbonyl (C=O) groups is 2. The van der Waals surface area contributed by atoms with Gasteiger partial charge in [-0.25, -0.2) is 9.59 Å². The zero-order valence-electron chi connectivity index (χ0n) is 11.2. The number of carbonyl (C=O) groups excluding carboxylic acids is 2. The van der Waals surface area contributed by atoms with E-state index in [0.29, 0.717) is 11.1 Å². The molecule has 22 heavy (non-hydrogen) atoms. The van der Waals surface area contributed by atoms with Crippen molar-refractivity contribution in [3.63, 3.8) is 0 Å². The summed E-state index contributed by atoms with van der Waals surface area (Å²) >= 11 is 6.47. The molecule has 112 valence electrons. The molecule has 2 atom stereocenters. The van der Waals surface area contributed by atoms with Gasteiger partial charge in [-0.05, 0) is 44.0 Å². The molecule has 2 aliphatic heterocycles. The van der Waals surface area contributed by atoms with Crippen LogP contribution in [0.5, 0.6) is 0 Å².